The Morgan fingerprint density at radius 3 is 1.40 bits per heavy atom. The first kappa shape index (κ1) is 28.2. The summed E-state index contributed by atoms with van der Waals surface area (Å²) in [7, 11) is 0. The van der Waals surface area contributed by atoms with Crippen molar-refractivity contribution < 1.29 is 4.42 Å². The third kappa shape index (κ3) is 4.67. The first-order valence-corrected chi connectivity index (χ1v) is 16.7. The molecule has 0 saturated carbocycles. The van der Waals surface area contributed by atoms with Gasteiger partial charge in [0.25, 0.3) is 0 Å². The van der Waals surface area contributed by atoms with Crippen molar-refractivity contribution in [1.82, 2.24) is 19.5 Å². The molecule has 0 unspecified atom stereocenters. The number of furan rings is 1. The minimum absolute atomic E-state index is 0.600. The second kappa shape index (κ2) is 11.4. The van der Waals surface area contributed by atoms with Crippen molar-refractivity contribution in [3.8, 4) is 51.0 Å². The number of benzene rings is 7. The largest absolute Gasteiger partial charge is 0.456 e. The van der Waals surface area contributed by atoms with E-state index in [0.29, 0.717) is 17.5 Å². The van der Waals surface area contributed by atoms with Crippen molar-refractivity contribution in [1.29, 1.82) is 0 Å². The Balaban J connectivity index is 1.06. The molecular formula is C45H28N4O. The Kier molecular flexibility index (Phi) is 6.42. The molecule has 234 valence electrons. The third-order valence-corrected chi connectivity index (χ3v) is 9.45. The van der Waals surface area contributed by atoms with E-state index in [0.717, 1.165) is 55.4 Å². The van der Waals surface area contributed by atoms with Gasteiger partial charge in [-0.15, -0.1) is 0 Å². The zero-order valence-corrected chi connectivity index (χ0v) is 26.9. The normalized spacial score (nSPS) is 11.6. The lowest BCUT2D eigenvalue weighted by Gasteiger charge is -2.10. The maximum absolute atomic E-state index is 6.55. The van der Waals surface area contributed by atoms with Crippen LogP contribution in [0.15, 0.2) is 174 Å². The second-order valence-corrected chi connectivity index (χ2v) is 12.5. The van der Waals surface area contributed by atoms with Gasteiger partial charge in [0.1, 0.15) is 11.2 Å². The van der Waals surface area contributed by atoms with Crippen molar-refractivity contribution in [2.24, 2.45) is 0 Å². The van der Waals surface area contributed by atoms with Crippen LogP contribution in [-0.2, 0) is 0 Å². The zero-order valence-electron chi connectivity index (χ0n) is 26.9. The van der Waals surface area contributed by atoms with Crippen LogP contribution in [0.5, 0.6) is 0 Å². The molecule has 10 rings (SSSR count). The van der Waals surface area contributed by atoms with E-state index in [1.54, 1.807) is 0 Å². The Morgan fingerprint density at radius 1 is 0.340 bits per heavy atom. The fraction of sp³-hybridized carbons (Fsp3) is 0. The minimum atomic E-state index is 0.600. The minimum Gasteiger partial charge on any atom is -0.456 e. The average molecular weight is 641 g/mol. The Labute approximate surface area is 287 Å². The van der Waals surface area contributed by atoms with Gasteiger partial charge in [0.2, 0.25) is 0 Å². The van der Waals surface area contributed by atoms with Crippen molar-refractivity contribution >= 4 is 43.7 Å². The molecule has 0 aliphatic carbocycles. The van der Waals surface area contributed by atoms with Crippen LogP contribution in [0.3, 0.4) is 0 Å². The second-order valence-electron chi connectivity index (χ2n) is 12.5. The molecule has 3 heterocycles. The van der Waals surface area contributed by atoms with Crippen LogP contribution in [0.4, 0.5) is 0 Å². The standard InChI is InChI=1S/C45H28N4O/c1-3-12-29(13-4-1)43-46-44(30-14-5-2-6-15-30)48-45(47-43)33-23-25-38-37-24-22-32(27-41(37)50-42(38)28-33)31-16-11-17-34(26-31)49-39-20-9-7-18-35(39)36-19-8-10-21-40(36)49/h1-28H. The fourth-order valence-electron chi connectivity index (χ4n) is 7.06. The van der Waals surface area contributed by atoms with Crippen molar-refractivity contribution in [3.05, 3.63) is 170 Å². The predicted octanol–water partition coefficient (Wildman–Crippen LogP) is 11.5. The molecule has 0 aliphatic heterocycles. The maximum atomic E-state index is 6.55. The smallest absolute Gasteiger partial charge is 0.164 e. The summed E-state index contributed by atoms with van der Waals surface area (Å²) in [6.45, 7) is 0. The molecule has 10 aromatic rings. The SMILES string of the molecule is c1ccc(-c2nc(-c3ccccc3)nc(-c3ccc4c(c3)oc3cc(-c5cccc(-n6c7ccccc7c7ccccc76)c5)ccc34)n2)cc1. The van der Waals surface area contributed by atoms with Gasteiger partial charge in [-0.05, 0) is 59.7 Å². The van der Waals surface area contributed by atoms with Gasteiger partial charge in [0.05, 0.1) is 11.0 Å². The van der Waals surface area contributed by atoms with Gasteiger partial charge < -0.3 is 8.98 Å². The van der Waals surface area contributed by atoms with Gasteiger partial charge in [0.15, 0.2) is 17.5 Å². The van der Waals surface area contributed by atoms with Crippen LogP contribution in [0.25, 0.3) is 94.7 Å². The highest BCUT2D eigenvalue weighted by Crippen LogP contribution is 2.37. The summed E-state index contributed by atoms with van der Waals surface area (Å²) < 4.78 is 8.90. The van der Waals surface area contributed by atoms with Crippen LogP contribution >= 0.6 is 0 Å². The quantitative estimate of drug-likeness (QED) is 0.188. The number of rotatable bonds is 5. The summed E-state index contributed by atoms with van der Waals surface area (Å²) >= 11 is 0. The van der Waals surface area contributed by atoms with E-state index in [-0.39, 0.29) is 0 Å². The molecular weight excluding hydrogens is 613 g/mol. The van der Waals surface area contributed by atoms with Gasteiger partial charge in [-0.2, -0.15) is 0 Å². The van der Waals surface area contributed by atoms with Crippen LogP contribution in [-0.4, -0.2) is 19.5 Å². The lowest BCUT2D eigenvalue weighted by molar-refractivity contribution is 0.669. The first-order chi connectivity index (χ1) is 24.8. The van der Waals surface area contributed by atoms with Crippen LogP contribution in [0, 0.1) is 0 Å². The molecule has 0 amide bonds. The van der Waals surface area contributed by atoms with Gasteiger partial charge in [-0.1, -0.05) is 121 Å². The van der Waals surface area contributed by atoms with E-state index in [2.05, 4.69) is 108 Å². The number of nitrogens with zero attached hydrogens (tertiary/aromatic N) is 4. The Bertz CT molecular complexity index is 2760. The number of hydrogen-bond donors (Lipinski definition) is 0. The zero-order chi connectivity index (χ0) is 33.0. The molecule has 7 aromatic carbocycles. The fourth-order valence-corrected chi connectivity index (χ4v) is 7.06. The number of hydrogen-bond acceptors (Lipinski definition) is 4. The Morgan fingerprint density at radius 2 is 0.800 bits per heavy atom. The molecule has 0 radical (unpaired) electrons. The molecule has 5 nitrogen and oxygen atoms in total. The van der Waals surface area contributed by atoms with Crippen molar-refractivity contribution in [2.75, 3.05) is 0 Å². The van der Waals surface area contributed by atoms with E-state index < -0.39 is 0 Å². The summed E-state index contributed by atoms with van der Waals surface area (Å²) in [6.07, 6.45) is 0. The van der Waals surface area contributed by atoms with Gasteiger partial charge >= 0.3 is 0 Å². The average Bonchev–Trinajstić information content (AvgIpc) is 3.73. The summed E-state index contributed by atoms with van der Waals surface area (Å²) in [6, 6.07) is 58.7. The van der Waals surface area contributed by atoms with Crippen molar-refractivity contribution in [2.45, 2.75) is 0 Å². The monoisotopic (exact) mass is 640 g/mol. The summed E-state index contributed by atoms with van der Waals surface area (Å²) in [5.74, 6) is 1.86. The highest BCUT2D eigenvalue weighted by molar-refractivity contribution is 6.09. The molecule has 0 spiro atoms. The molecule has 5 heteroatoms. The molecule has 3 aromatic heterocycles. The molecule has 0 N–H and O–H groups in total. The van der Waals surface area contributed by atoms with Gasteiger partial charge in [-0.25, -0.2) is 15.0 Å². The van der Waals surface area contributed by atoms with Crippen LogP contribution in [0.1, 0.15) is 0 Å². The van der Waals surface area contributed by atoms with Gasteiger partial charge in [0, 0.05) is 43.9 Å². The van der Waals surface area contributed by atoms with Crippen LogP contribution in [0.2, 0.25) is 0 Å². The summed E-state index contributed by atoms with van der Waals surface area (Å²) in [5, 5.41) is 4.62. The maximum Gasteiger partial charge on any atom is 0.164 e. The highest BCUT2D eigenvalue weighted by atomic mass is 16.3. The lowest BCUT2D eigenvalue weighted by atomic mass is 10.0. The molecule has 0 bridgehead atoms. The highest BCUT2D eigenvalue weighted by Gasteiger charge is 2.16. The summed E-state index contributed by atoms with van der Waals surface area (Å²) in [5.41, 5.74) is 10.1. The number of aromatic nitrogens is 4. The Hall–Kier alpha value is -6.85. The molecule has 0 fully saturated rings. The van der Waals surface area contributed by atoms with Crippen LogP contribution < -0.4 is 0 Å². The predicted molar refractivity (Wildman–Crippen MR) is 203 cm³/mol. The third-order valence-electron chi connectivity index (χ3n) is 9.45. The van der Waals surface area contributed by atoms with Crippen molar-refractivity contribution in [3.63, 3.8) is 0 Å². The summed E-state index contributed by atoms with van der Waals surface area (Å²) in [4.78, 5) is 14.7. The van der Waals surface area contributed by atoms with Gasteiger partial charge in [-0.3, -0.25) is 0 Å². The lowest BCUT2D eigenvalue weighted by Crippen LogP contribution is -2.00. The molecule has 50 heavy (non-hydrogen) atoms. The van der Waals surface area contributed by atoms with E-state index in [1.165, 1.54) is 21.8 Å². The van der Waals surface area contributed by atoms with E-state index in [4.69, 9.17) is 19.4 Å². The van der Waals surface area contributed by atoms with E-state index in [9.17, 15) is 0 Å². The molecule has 0 atom stereocenters. The molecule has 0 saturated heterocycles. The first-order valence-electron chi connectivity index (χ1n) is 16.7. The van der Waals surface area contributed by atoms with E-state index >= 15 is 0 Å². The molecule has 0 aliphatic rings. The number of fused-ring (bicyclic) bond motifs is 6. The number of para-hydroxylation sites is 2. The topological polar surface area (TPSA) is 56.7 Å². The van der Waals surface area contributed by atoms with E-state index in [1.807, 2.05) is 66.7 Å².